The first-order valence-corrected chi connectivity index (χ1v) is 9.00. The largest absolute Gasteiger partial charge is 0.508 e. The van der Waals surface area contributed by atoms with E-state index in [4.69, 9.17) is 21.1 Å². The van der Waals surface area contributed by atoms with Crippen molar-refractivity contribution in [1.29, 1.82) is 0 Å². The van der Waals surface area contributed by atoms with Crippen molar-refractivity contribution in [2.45, 2.75) is 6.61 Å². The molecule has 0 saturated heterocycles. The Labute approximate surface area is 168 Å². The van der Waals surface area contributed by atoms with E-state index in [0.717, 1.165) is 11.1 Å². The second kappa shape index (κ2) is 9.11. The lowest BCUT2D eigenvalue weighted by molar-refractivity contribution is 0.104. The van der Waals surface area contributed by atoms with Crippen molar-refractivity contribution in [3.63, 3.8) is 0 Å². The highest BCUT2D eigenvalue weighted by Crippen LogP contribution is 2.30. The number of methoxy groups -OCH3 is 1. The molecule has 0 atom stereocenters. The van der Waals surface area contributed by atoms with Gasteiger partial charge in [-0.25, -0.2) is 0 Å². The molecule has 0 radical (unpaired) electrons. The van der Waals surface area contributed by atoms with E-state index in [1.54, 1.807) is 37.5 Å². The number of allylic oxidation sites excluding steroid dienone is 1. The fraction of sp³-hybridized carbons (Fsp3) is 0.0870. The molecule has 0 fully saturated rings. The maximum atomic E-state index is 12.2. The number of carbonyl (C=O) groups is 1. The summed E-state index contributed by atoms with van der Waals surface area (Å²) in [6, 6.07) is 19.0. The van der Waals surface area contributed by atoms with E-state index in [2.05, 4.69) is 0 Å². The summed E-state index contributed by atoms with van der Waals surface area (Å²) in [6.45, 7) is 0.324. The summed E-state index contributed by atoms with van der Waals surface area (Å²) < 4.78 is 11.2. The van der Waals surface area contributed by atoms with Crippen LogP contribution in [-0.2, 0) is 6.61 Å². The van der Waals surface area contributed by atoms with E-state index < -0.39 is 0 Å². The Kier molecular flexibility index (Phi) is 6.35. The molecule has 1 N–H and O–H groups in total. The quantitative estimate of drug-likeness (QED) is 0.423. The van der Waals surface area contributed by atoms with Gasteiger partial charge in [-0.15, -0.1) is 0 Å². The molecule has 0 aliphatic carbocycles. The van der Waals surface area contributed by atoms with Gasteiger partial charge in [-0.1, -0.05) is 41.9 Å². The molecule has 142 valence electrons. The fourth-order valence-electron chi connectivity index (χ4n) is 2.57. The summed E-state index contributed by atoms with van der Waals surface area (Å²) in [5.74, 6) is 1.12. The van der Waals surface area contributed by atoms with Crippen LogP contribution in [0.4, 0.5) is 0 Å². The van der Waals surface area contributed by atoms with Crippen LogP contribution in [0, 0.1) is 0 Å². The van der Waals surface area contributed by atoms with Crippen LogP contribution in [0.3, 0.4) is 0 Å². The van der Waals surface area contributed by atoms with Gasteiger partial charge in [-0.05, 0) is 54.1 Å². The van der Waals surface area contributed by atoms with Crippen molar-refractivity contribution < 1.29 is 19.4 Å². The minimum Gasteiger partial charge on any atom is -0.508 e. The lowest BCUT2D eigenvalue weighted by Crippen LogP contribution is -1.98. The van der Waals surface area contributed by atoms with Gasteiger partial charge >= 0.3 is 0 Å². The third-order valence-corrected chi connectivity index (χ3v) is 4.48. The molecule has 5 heteroatoms. The smallest absolute Gasteiger partial charge is 0.185 e. The first-order chi connectivity index (χ1) is 13.6. The molecule has 0 bridgehead atoms. The van der Waals surface area contributed by atoms with E-state index in [9.17, 15) is 9.90 Å². The number of hydrogen-bond acceptors (Lipinski definition) is 4. The molecule has 0 aliphatic rings. The van der Waals surface area contributed by atoms with Gasteiger partial charge in [-0.2, -0.15) is 0 Å². The average molecular weight is 395 g/mol. The van der Waals surface area contributed by atoms with Crippen molar-refractivity contribution in [2.24, 2.45) is 0 Å². The number of hydrogen-bond donors (Lipinski definition) is 1. The Morgan fingerprint density at radius 1 is 1.04 bits per heavy atom. The van der Waals surface area contributed by atoms with Crippen molar-refractivity contribution in [3.05, 3.63) is 94.5 Å². The summed E-state index contributed by atoms with van der Waals surface area (Å²) >= 11 is 6.15. The first kappa shape index (κ1) is 19.5. The Balaban J connectivity index is 1.71. The third-order valence-electron chi connectivity index (χ3n) is 4.11. The monoisotopic (exact) mass is 394 g/mol. The SMILES string of the molecule is COc1cc(/C=C/C(=O)c2ccc(O)cc2)ccc1OCc1ccccc1Cl. The predicted molar refractivity (Wildman–Crippen MR) is 110 cm³/mol. The molecular weight excluding hydrogens is 376 g/mol. The molecule has 4 nitrogen and oxygen atoms in total. The van der Waals surface area contributed by atoms with Gasteiger partial charge in [0.1, 0.15) is 12.4 Å². The molecule has 0 aromatic heterocycles. The first-order valence-electron chi connectivity index (χ1n) is 8.62. The zero-order valence-electron chi connectivity index (χ0n) is 15.3. The highest BCUT2D eigenvalue weighted by Gasteiger charge is 2.07. The number of rotatable bonds is 7. The van der Waals surface area contributed by atoms with Crippen molar-refractivity contribution >= 4 is 23.5 Å². The molecule has 0 aliphatic heterocycles. The van der Waals surface area contributed by atoms with Gasteiger partial charge in [0, 0.05) is 16.1 Å². The van der Waals surface area contributed by atoms with E-state index in [0.29, 0.717) is 28.7 Å². The Bertz CT molecular complexity index is 994. The van der Waals surface area contributed by atoms with Gasteiger partial charge in [0.25, 0.3) is 0 Å². The van der Waals surface area contributed by atoms with Crippen LogP contribution in [0.15, 0.2) is 72.8 Å². The Hall–Kier alpha value is -3.24. The molecule has 0 spiro atoms. The molecule has 0 saturated carbocycles. The van der Waals surface area contributed by atoms with Crippen LogP contribution in [0.1, 0.15) is 21.5 Å². The minimum absolute atomic E-state index is 0.123. The summed E-state index contributed by atoms with van der Waals surface area (Å²) in [4.78, 5) is 12.2. The maximum absolute atomic E-state index is 12.2. The normalized spacial score (nSPS) is 10.8. The highest BCUT2D eigenvalue weighted by atomic mass is 35.5. The standard InChI is InChI=1S/C23H19ClO4/c1-27-23-14-16(6-12-21(26)17-8-10-19(25)11-9-17)7-13-22(23)28-15-18-4-2-3-5-20(18)24/h2-14,25H,15H2,1H3/b12-6+. The molecule has 28 heavy (non-hydrogen) atoms. The molecular formula is C23H19ClO4. The number of aromatic hydroxyl groups is 1. The number of halogens is 1. The summed E-state index contributed by atoms with van der Waals surface area (Å²) in [6.07, 6.45) is 3.18. The van der Waals surface area contributed by atoms with E-state index in [1.165, 1.54) is 18.2 Å². The van der Waals surface area contributed by atoms with E-state index in [1.807, 2.05) is 30.3 Å². The van der Waals surface area contributed by atoms with Crippen LogP contribution >= 0.6 is 11.6 Å². The lowest BCUT2D eigenvalue weighted by Gasteiger charge is -2.12. The fourth-order valence-corrected chi connectivity index (χ4v) is 2.76. The maximum Gasteiger partial charge on any atom is 0.185 e. The van der Waals surface area contributed by atoms with E-state index in [-0.39, 0.29) is 11.5 Å². The number of benzene rings is 3. The molecule has 0 heterocycles. The van der Waals surface area contributed by atoms with Gasteiger partial charge in [0.15, 0.2) is 17.3 Å². The predicted octanol–water partition coefficient (Wildman–Crippen LogP) is 5.53. The molecule has 3 aromatic rings. The van der Waals surface area contributed by atoms with Crippen LogP contribution in [0.5, 0.6) is 17.2 Å². The zero-order chi connectivity index (χ0) is 19.9. The Morgan fingerprint density at radius 2 is 1.79 bits per heavy atom. The van der Waals surface area contributed by atoms with Gasteiger partial charge in [0.2, 0.25) is 0 Å². The molecule has 0 amide bonds. The number of ether oxygens (including phenoxy) is 2. The van der Waals surface area contributed by atoms with Crippen molar-refractivity contribution in [3.8, 4) is 17.2 Å². The lowest BCUT2D eigenvalue weighted by atomic mass is 10.1. The van der Waals surface area contributed by atoms with Gasteiger partial charge in [-0.3, -0.25) is 4.79 Å². The van der Waals surface area contributed by atoms with Crippen LogP contribution < -0.4 is 9.47 Å². The Morgan fingerprint density at radius 3 is 2.50 bits per heavy atom. The number of ketones is 1. The third kappa shape index (κ3) is 4.93. The minimum atomic E-state index is -0.155. The second-order valence-electron chi connectivity index (χ2n) is 6.03. The number of phenolic OH excluding ortho intramolecular Hbond substituents is 1. The molecule has 3 aromatic carbocycles. The van der Waals surface area contributed by atoms with Gasteiger partial charge in [0.05, 0.1) is 7.11 Å². The van der Waals surface area contributed by atoms with Crippen molar-refractivity contribution in [1.82, 2.24) is 0 Å². The molecule has 0 unspecified atom stereocenters. The average Bonchev–Trinajstić information content (AvgIpc) is 2.72. The topological polar surface area (TPSA) is 55.8 Å². The summed E-state index contributed by atoms with van der Waals surface area (Å²) in [7, 11) is 1.56. The second-order valence-corrected chi connectivity index (χ2v) is 6.44. The van der Waals surface area contributed by atoms with E-state index >= 15 is 0 Å². The summed E-state index contributed by atoms with van der Waals surface area (Å²) in [5, 5.41) is 9.95. The van der Waals surface area contributed by atoms with Crippen molar-refractivity contribution in [2.75, 3.05) is 7.11 Å². The molecule has 3 rings (SSSR count). The van der Waals surface area contributed by atoms with Crippen LogP contribution in [0.2, 0.25) is 5.02 Å². The van der Waals surface area contributed by atoms with Crippen LogP contribution in [-0.4, -0.2) is 18.0 Å². The summed E-state index contributed by atoms with van der Waals surface area (Å²) in [5.41, 5.74) is 2.18. The van der Waals surface area contributed by atoms with Gasteiger partial charge < -0.3 is 14.6 Å². The van der Waals surface area contributed by atoms with Crippen LogP contribution in [0.25, 0.3) is 6.08 Å². The number of carbonyl (C=O) groups excluding carboxylic acids is 1. The highest BCUT2D eigenvalue weighted by molar-refractivity contribution is 6.31. The zero-order valence-corrected chi connectivity index (χ0v) is 16.0. The number of phenols is 1.